The zero-order valence-electron chi connectivity index (χ0n) is 18.7. The molecule has 10 heteroatoms. The van der Waals surface area contributed by atoms with Gasteiger partial charge in [0.05, 0.1) is 16.8 Å². The number of fused-ring (bicyclic) bond motifs is 1. The molecule has 180 valence electrons. The van der Waals surface area contributed by atoms with Gasteiger partial charge in [-0.15, -0.1) is 12.4 Å². The Hall–Kier alpha value is -3.82. The summed E-state index contributed by atoms with van der Waals surface area (Å²) in [6, 6.07) is 20.1. The second-order valence-electron chi connectivity index (χ2n) is 8.28. The molecule has 1 aromatic heterocycles. The molecule has 1 aliphatic rings. The number of aromatic nitrogens is 2. The minimum atomic E-state index is -4.13. The van der Waals surface area contributed by atoms with Crippen LogP contribution in [0.15, 0.2) is 88.7 Å². The number of carbonyl (C=O) groups is 1. The van der Waals surface area contributed by atoms with Crippen molar-refractivity contribution in [3.63, 3.8) is 0 Å². The number of nitrogens with two attached hydrogens (primary N) is 1. The van der Waals surface area contributed by atoms with Crippen LogP contribution >= 0.6 is 12.4 Å². The van der Waals surface area contributed by atoms with Crippen LogP contribution in [0.1, 0.15) is 22.8 Å². The Morgan fingerprint density at radius 1 is 1.03 bits per heavy atom. The number of H-pyrrole nitrogens is 1. The molecule has 1 amide bonds. The normalized spacial score (nSPS) is 14.9. The predicted octanol–water partition coefficient (Wildman–Crippen LogP) is 3.68. The number of amides is 1. The van der Waals surface area contributed by atoms with Crippen molar-refractivity contribution >= 4 is 39.7 Å². The highest BCUT2D eigenvalue weighted by Crippen LogP contribution is 2.35. The maximum atomic E-state index is 13.3. The van der Waals surface area contributed by atoms with E-state index in [1.807, 2.05) is 13.0 Å². The molecule has 0 bridgehead atoms. The minimum absolute atomic E-state index is 0. The van der Waals surface area contributed by atoms with Gasteiger partial charge in [0.15, 0.2) is 0 Å². The monoisotopic (exact) mass is 510 g/mol. The van der Waals surface area contributed by atoms with Gasteiger partial charge in [-0.25, -0.2) is 13.2 Å². The van der Waals surface area contributed by atoms with Crippen LogP contribution in [0.4, 0.5) is 11.4 Å². The van der Waals surface area contributed by atoms with Crippen molar-refractivity contribution in [3.05, 3.63) is 101 Å². The van der Waals surface area contributed by atoms with E-state index in [0.717, 1.165) is 5.56 Å². The summed E-state index contributed by atoms with van der Waals surface area (Å²) in [5.41, 5.74) is 8.54. The number of hydrogen-bond donors (Lipinski definition) is 2. The Kier molecular flexibility index (Phi) is 6.31. The Bertz CT molecular complexity index is 1560. The number of nitrogens with zero attached hydrogens (tertiary/aromatic N) is 2. The summed E-state index contributed by atoms with van der Waals surface area (Å²) in [7, 11) is -4.13. The number of imidazole rings is 1. The fourth-order valence-electron chi connectivity index (χ4n) is 4.28. The van der Waals surface area contributed by atoms with Crippen molar-refractivity contribution in [1.29, 1.82) is 0 Å². The second-order valence-corrected chi connectivity index (χ2v) is 10.1. The van der Waals surface area contributed by atoms with Gasteiger partial charge in [0.25, 0.3) is 15.9 Å². The summed E-state index contributed by atoms with van der Waals surface area (Å²) in [4.78, 5) is 29.9. The van der Waals surface area contributed by atoms with Gasteiger partial charge >= 0.3 is 5.69 Å². The molecule has 35 heavy (non-hydrogen) atoms. The molecular formula is C25H23ClN4O4S. The van der Waals surface area contributed by atoms with Crippen LogP contribution in [0.5, 0.6) is 0 Å². The lowest BCUT2D eigenvalue weighted by atomic mass is 10.1. The number of rotatable bonds is 4. The van der Waals surface area contributed by atoms with Crippen molar-refractivity contribution in [3.8, 4) is 11.3 Å². The van der Waals surface area contributed by atoms with E-state index >= 15 is 0 Å². The van der Waals surface area contributed by atoms with Gasteiger partial charge in [0.2, 0.25) is 0 Å². The van der Waals surface area contributed by atoms with Crippen molar-refractivity contribution in [1.82, 2.24) is 8.96 Å². The van der Waals surface area contributed by atoms with E-state index in [4.69, 9.17) is 5.73 Å². The lowest BCUT2D eigenvalue weighted by Crippen LogP contribution is -2.35. The second kappa shape index (κ2) is 9.09. The highest BCUT2D eigenvalue weighted by Gasteiger charge is 2.33. The van der Waals surface area contributed by atoms with E-state index < -0.39 is 15.7 Å². The SMILES string of the molecule is CC1Cc2cc(S(=O)(=O)n3cc(-c4ccccc4)[nH]c3=O)ccc2N1C(=O)c1ccc(N)cc1.Cl. The molecule has 0 saturated heterocycles. The van der Waals surface area contributed by atoms with Crippen LogP contribution in [0.2, 0.25) is 0 Å². The van der Waals surface area contributed by atoms with E-state index in [0.29, 0.717) is 38.6 Å². The zero-order valence-corrected chi connectivity index (χ0v) is 20.3. The van der Waals surface area contributed by atoms with Crippen LogP contribution in [0, 0.1) is 0 Å². The molecular weight excluding hydrogens is 488 g/mol. The van der Waals surface area contributed by atoms with E-state index in [1.165, 1.54) is 12.3 Å². The maximum absolute atomic E-state index is 13.3. The highest BCUT2D eigenvalue weighted by atomic mass is 35.5. The summed E-state index contributed by atoms with van der Waals surface area (Å²) in [6.07, 6.45) is 1.79. The average Bonchev–Trinajstić information content (AvgIpc) is 3.38. The van der Waals surface area contributed by atoms with Gasteiger partial charge in [-0.05, 0) is 66.9 Å². The van der Waals surface area contributed by atoms with Crippen molar-refractivity contribution in [2.24, 2.45) is 0 Å². The third-order valence-corrected chi connectivity index (χ3v) is 7.61. The molecule has 1 aliphatic heterocycles. The summed E-state index contributed by atoms with van der Waals surface area (Å²) < 4.78 is 27.3. The van der Waals surface area contributed by atoms with Gasteiger partial charge in [0.1, 0.15) is 0 Å². The maximum Gasteiger partial charge on any atom is 0.340 e. The lowest BCUT2D eigenvalue weighted by Gasteiger charge is -2.23. The van der Waals surface area contributed by atoms with Crippen molar-refractivity contribution in [2.45, 2.75) is 24.3 Å². The standard InChI is InChI=1S/C25H22N4O4S.ClH/c1-16-13-19-14-21(11-12-23(19)29(16)24(30)18-7-9-20(26)10-8-18)34(32,33)28-15-22(27-25(28)31)17-5-3-2-4-6-17;/h2-12,14-16H,13,26H2,1H3,(H,27,31);1H. The average molecular weight is 511 g/mol. The number of hydrogen-bond acceptors (Lipinski definition) is 5. The third kappa shape index (κ3) is 4.24. The number of nitrogen functional groups attached to an aromatic ring is 1. The van der Waals surface area contributed by atoms with Crippen LogP contribution < -0.4 is 16.3 Å². The number of anilines is 2. The van der Waals surface area contributed by atoms with Gasteiger partial charge in [-0.3, -0.25) is 4.79 Å². The largest absolute Gasteiger partial charge is 0.399 e. The van der Waals surface area contributed by atoms with Crippen LogP contribution in [-0.4, -0.2) is 29.3 Å². The first-order valence-electron chi connectivity index (χ1n) is 10.7. The molecule has 0 aliphatic carbocycles. The van der Waals surface area contributed by atoms with Gasteiger partial charge in [0, 0.05) is 23.0 Å². The molecule has 5 rings (SSSR count). The van der Waals surface area contributed by atoms with Gasteiger partial charge in [-0.1, -0.05) is 30.3 Å². The van der Waals surface area contributed by atoms with Crippen LogP contribution in [0.3, 0.4) is 0 Å². The fourth-order valence-corrected chi connectivity index (χ4v) is 5.54. The molecule has 0 fully saturated rings. The molecule has 3 N–H and O–H groups in total. The Morgan fingerprint density at radius 3 is 2.40 bits per heavy atom. The van der Waals surface area contributed by atoms with E-state index in [2.05, 4.69) is 4.98 Å². The first-order chi connectivity index (χ1) is 16.3. The van der Waals surface area contributed by atoms with Crippen molar-refractivity contribution < 1.29 is 13.2 Å². The van der Waals surface area contributed by atoms with Crippen LogP contribution in [-0.2, 0) is 16.4 Å². The molecule has 4 aromatic rings. The van der Waals surface area contributed by atoms with E-state index in [9.17, 15) is 18.0 Å². The number of carbonyl (C=O) groups excluding carboxylic acids is 1. The highest BCUT2D eigenvalue weighted by molar-refractivity contribution is 7.90. The smallest absolute Gasteiger partial charge is 0.340 e. The van der Waals surface area contributed by atoms with Crippen LogP contribution in [0.25, 0.3) is 11.3 Å². The fraction of sp³-hybridized carbons (Fsp3) is 0.120. The molecule has 1 atom stereocenters. The molecule has 3 aromatic carbocycles. The summed E-state index contributed by atoms with van der Waals surface area (Å²) in [5, 5.41) is 0. The van der Waals surface area contributed by atoms with Crippen molar-refractivity contribution in [2.75, 3.05) is 10.6 Å². The lowest BCUT2D eigenvalue weighted by molar-refractivity contribution is 0.0981. The number of benzene rings is 3. The molecule has 8 nitrogen and oxygen atoms in total. The summed E-state index contributed by atoms with van der Waals surface area (Å²) in [6.45, 7) is 1.91. The minimum Gasteiger partial charge on any atom is -0.399 e. The molecule has 1 unspecified atom stereocenters. The first-order valence-corrected chi connectivity index (χ1v) is 12.1. The van der Waals surface area contributed by atoms with E-state index in [-0.39, 0.29) is 29.3 Å². The quantitative estimate of drug-likeness (QED) is 0.406. The zero-order chi connectivity index (χ0) is 24.0. The Morgan fingerprint density at radius 2 is 1.71 bits per heavy atom. The number of aromatic amines is 1. The number of halogens is 1. The third-order valence-electron chi connectivity index (χ3n) is 5.97. The first kappa shape index (κ1) is 24.3. The molecule has 2 heterocycles. The Balaban J connectivity index is 0.00000289. The van der Waals surface area contributed by atoms with E-state index in [1.54, 1.807) is 65.6 Å². The molecule has 0 saturated carbocycles. The molecule has 0 radical (unpaired) electrons. The van der Waals surface area contributed by atoms with Gasteiger partial charge in [-0.2, -0.15) is 3.97 Å². The number of nitrogens with one attached hydrogen (secondary N) is 1. The van der Waals surface area contributed by atoms with Gasteiger partial charge < -0.3 is 15.6 Å². The summed E-state index contributed by atoms with van der Waals surface area (Å²) in [5.74, 6) is -0.184. The summed E-state index contributed by atoms with van der Waals surface area (Å²) >= 11 is 0. The predicted molar refractivity (Wildman–Crippen MR) is 138 cm³/mol. The molecule has 0 spiro atoms. The Labute approximate surface area is 208 Å². The topological polar surface area (TPSA) is 118 Å².